The van der Waals surface area contributed by atoms with Crippen molar-refractivity contribution in [2.75, 3.05) is 27.1 Å². The number of ether oxygens (including phenoxy) is 3. The van der Waals surface area contributed by atoms with E-state index < -0.39 is 0 Å². The van der Waals surface area contributed by atoms with E-state index in [-0.39, 0.29) is 11.9 Å². The maximum absolute atomic E-state index is 12.4. The van der Waals surface area contributed by atoms with Crippen LogP contribution in [0.4, 0.5) is 0 Å². The number of thioether (sulfide) groups is 1. The molecule has 0 saturated carbocycles. The van der Waals surface area contributed by atoms with E-state index >= 15 is 0 Å². The van der Waals surface area contributed by atoms with Crippen molar-refractivity contribution in [1.82, 2.24) is 5.32 Å². The van der Waals surface area contributed by atoms with Crippen molar-refractivity contribution in [3.05, 3.63) is 53.6 Å². The zero-order chi connectivity index (χ0) is 19.2. The Morgan fingerprint density at radius 2 is 1.81 bits per heavy atom. The van der Waals surface area contributed by atoms with Gasteiger partial charge in [-0.2, -0.15) is 0 Å². The average Bonchev–Trinajstić information content (AvgIpc) is 2.71. The van der Waals surface area contributed by atoms with Crippen LogP contribution in [0.5, 0.6) is 17.2 Å². The van der Waals surface area contributed by atoms with Crippen molar-refractivity contribution >= 4 is 23.7 Å². The Morgan fingerprint density at radius 1 is 1.11 bits per heavy atom. The molecule has 2 aromatic carbocycles. The minimum absolute atomic E-state index is 0.0412. The van der Waals surface area contributed by atoms with Crippen molar-refractivity contribution in [3.8, 4) is 17.2 Å². The number of carbonyl (C=O) groups is 1. The summed E-state index contributed by atoms with van der Waals surface area (Å²) in [6, 6.07) is 11.9. The highest BCUT2D eigenvalue weighted by Crippen LogP contribution is 2.38. The minimum Gasteiger partial charge on any atom is -0.493 e. The van der Waals surface area contributed by atoms with Crippen LogP contribution in [0.3, 0.4) is 0 Å². The Labute approximate surface area is 163 Å². The van der Waals surface area contributed by atoms with Crippen LogP contribution in [0.2, 0.25) is 0 Å². The first-order valence-electron chi connectivity index (χ1n) is 8.66. The lowest BCUT2D eigenvalue weighted by atomic mass is 10.0. The highest BCUT2D eigenvalue weighted by atomic mass is 32.2. The highest BCUT2D eigenvalue weighted by Gasteiger charge is 2.21. The van der Waals surface area contributed by atoms with Crippen LogP contribution in [0.25, 0.3) is 6.08 Å². The summed E-state index contributed by atoms with van der Waals surface area (Å²) in [6.45, 7) is 0. The van der Waals surface area contributed by atoms with Gasteiger partial charge < -0.3 is 19.5 Å². The van der Waals surface area contributed by atoms with Crippen LogP contribution in [0.1, 0.15) is 23.6 Å². The van der Waals surface area contributed by atoms with Crippen LogP contribution in [0, 0.1) is 0 Å². The Kier molecular flexibility index (Phi) is 6.29. The van der Waals surface area contributed by atoms with Gasteiger partial charge in [0.05, 0.1) is 27.4 Å². The normalized spacial score (nSPS) is 15.9. The van der Waals surface area contributed by atoms with Crippen molar-refractivity contribution < 1.29 is 19.0 Å². The van der Waals surface area contributed by atoms with Gasteiger partial charge in [0.25, 0.3) is 0 Å². The topological polar surface area (TPSA) is 56.8 Å². The van der Waals surface area contributed by atoms with Crippen LogP contribution < -0.4 is 19.5 Å². The molecule has 0 spiro atoms. The number of carbonyl (C=O) groups excluding carboxylic acids is 1. The number of benzene rings is 2. The fourth-order valence-electron chi connectivity index (χ4n) is 3.08. The lowest BCUT2D eigenvalue weighted by molar-refractivity contribution is -0.117. The molecule has 0 aliphatic carbocycles. The van der Waals surface area contributed by atoms with E-state index in [1.165, 1.54) is 16.5 Å². The predicted octanol–water partition coefficient (Wildman–Crippen LogP) is 4.08. The van der Waals surface area contributed by atoms with E-state index in [4.69, 9.17) is 14.2 Å². The number of rotatable bonds is 6. The Morgan fingerprint density at radius 3 is 2.48 bits per heavy atom. The summed E-state index contributed by atoms with van der Waals surface area (Å²) in [5.74, 6) is 2.50. The lowest BCUT2D eigenvalue weighted by Gasteiger charge is -2.25. The molecule has 1 aliphatic heterocycles. The molecule has 1 aliphatic rings. The van der Waals surface area contributed by atoms with E-state index in [0.717, 1.165) is 17.7 Å². The maximum atomic E-state index is 12.4. The first-order chi connectivity index (χ1) is 13.2. The maximum Gasteiger partial charge on any atom is 0.244 e. The molecular formula is C21H23NO4S. The molecule has 27 heavy (non-hydrogen) atoms. The van der Waals surface area contributed by atoms with E-state index in [9.17, 15) is 4.79 Å². The molecule has 5 nitrogen and oxygen atoms in total. The smallest absolute Gasteiger partial charge is 0.244 e. The average molecular weight is 385 g/mol. The monoisotopic (exact) mass is 385 g/mol. The molecule has 1 N–H and O–H groups in total. The van der Waals surface area contributed by atoms with Gasteiger partial charge in [0, 0.05) is 16.7 Å². The van der Waals surface area contributed by atoms with Gasteiger partial charge in [-0.25, -0.2) is 0 Å². The summed E-state index contributed by atoms with van der Waals surface area (Å²) in [5.41, 5.74) is 1.97. The number of amides is 1. The van der Waals surface area contributed by atoms with Gasteiger partial charge in [-0.15, -0.1) is 11.8 Å². The fourth-order valence-corrected chi connectivity index (χ4v) is 4.21. The van der Waals surface area contributed by atoms with Gasteiger partial charge >= 0.3 is 0 Å². The molecule has 1 heterocycles. The summed E-state index contributed by atoms with van der Waals surface area (Å²) in [4.78, 5) is 13.7. The summed E-state index contributed by atoms with van der Waals surface area (Å²) in [5, 5.41) is 3.10. The van der Waals surface area contributed by atoms with Gasteiger partial charge in [0.15, 0.2) is 11.5 Å². The molecule has 0 fully saturated rings. The van der Waals surface area contributed by atoms with Crippen LogP contribution in [-0.2, 0) is 4.79 Å². The zero-order valence-corrected chi connectivity index (χ0v) is 16.5. The number of nitrogens with one attached hydrogen (secondary N) is 1. The quantitative estimate of drug-likeness (QED) is 0.760. The van der Waals surface area contributed by atoms with E-state index in [0.29, 0.717) is 17.2 Å². The minimum atomic E-state index is -0.129. The van der Waals surface area contributed by atoms with Crippen molar-refractivity contribution in [3.63, 3.8) is 0 Å². The number of methoxy groups -OCH3 is 3. The molecule has 3 rings (SSSR count). The number of hydrogen-bond acceptors (Lipinski definition) is 5. The second-order valence-corrected chi connectivity index (χ2v) is 7.16. The fraction of sp³-hybridized carbons (Fsp3) is 0.286. The Bertz CT molecular complexity index is 825. The third kappa shape index (κ3) is 4.39. The second-order valence-electron chi connectivity index (χ2n) is 6.03. The summed E-state index contributed by atoms with van der Waals surface area (Å²) in [7, 11) is 4.69. The zero-order valence-electron chi connectivity index (χ0n) is 15.7. The van der Waals surface area contributed by atoms with Gasteiger partial charge in [0.1, 0.15) is 0 Å². The number of hydrogen-bond donors (Lipinski definition) is 1. The van der Waals surface area contributed by atoms with Crippen molar-refractivity contribution in [2.24, 2.45) is 0 Å². The molecular weight excluding hydrogens is 362 g/mol. The van der Waals surface area contributed by atoms with E-state index in [2.05, 4.69) is 17.4 Å². The molecule has 6 heteroatoms. The van der Waals surface area contributed by atoms with Crippen molar-refractivity contribution in [1.29, 1.82) is 0 Å². The molecule has 0 radical (unpaired) electrons. The third-order valence-corrected chi connectivity index (χ3v) is 5.51. The second kappa shape index (κ2) is 8.86. The molecule has 0 unspecified atom stereocenters. The third-order valence-electron chi connectivity index (χ3n) is 4.39. The van der Waals surface area contributed by atoms with Crippen LogP contribution in [0.15, 0.2) is 47.4 Å². The lowest BCUT2D eigenvalue weighted by Crippen LogP contribution is -2.29. The van der Waals surface area contributed by atoms with Gasteiger partial charge in [-0.05, 0) is 41.8 Å². The SMILES string of the molecule is COc1cc(/C=C/C(=O)N[C@@H]2CCSc3ccccc32)cc(OC)c1OC. The summed E-state index contributed by atoms with van der Waals surface area (Å²) >= 11 is 1.83. The van der Waals surface area contributed by atoms with Gasteiger partial charge in [-0.3, -0.25) is 4.79 Å². The first kappa shape index (κ1) is 19.2. The molecule has 1 atom stereocenters. The van der Waals surface area contributed by atoms with Gasteiger partial charge in [0.2, 0.25) is 11.7 Å². The Balaban J connectivity index is 1.74. The first-order valence-corrected chi connectivity index (χ1v) is 9.65. The van der Waals surface area contributed by atoms with Gasteiger partial charge in [-0.1, -0.05) is 18.2 Å². The summed E-state index contributed by atoms with van der Waals surface area (Å²) in [6.07, 6.45) is 4.19. The predicted molar refractivity (Wildman–Crippen MR) is 108 cm³/mol. The molecule has 1 amide bonds. The molecule has 0 aromatic heterocycles. The van der Waals surface area contributed by atoms with Crippen LogP contribution >= 0.6 is 11.8 Å². The van der Waals surface area contributed by atoms with Crippen LogP contribution in [-0.4, -0.2) is 33.0 Å². The number of fused-ring (bicyclic) bond motifs is 1. The Hall–Kier alpha value is -2.60. The highest BCUT2D eigenvalue weighted by molar-refractivity contribution is 7.99. The molecule has 0 saturated heterocycles. The molecule has 0 bridgehead atoms. The summed E-state index contributed by atoms with van der Waals surface area (Å²) < 4.78 is 16.0. The van der Waals surface area contributed by atoms with Crippen molar-refractivity contribution in [2.45, 2.75) is 17.4 Å². The van der Waals surface area contributed by atoms with E-state index in [1.807, 2.05) is 23.9 Å². The van der Waals surface area contributed by atoms with E-state index in [1.54, 1.807) is 39.5 Å². The standard InChI is InChI=1S/C21H23NO4S/c1-24-17-12-14(13-18(25-2)21(17)26-3)8-9-20(23)22-16-10-11-27-19-7-5-4-6-15(16)19/h4-9,12-13,16H,10-11H2,1-3H3,(H,22,23)/b9-8+/t16-/m1/s1. The largest absolute Gasteiger partial charge is 0.493 e. The molecule has 2 aromatic rings. The molecule has 142 valence electrons.